The van der Waals surface area contributed by atoms with Gasteiger partial charge in [-0.15, -0.1) is 0 Å². The lowest BCUT2D eigenvalue weighted by atomic mass is 9.95. The van der Waals surface area contributed by atoms with Gasteiger partial charge in [-0.05, 0) is 36.8 Å². The summed E-state index contributed by atoms with van der Waals surface area (Å²) >= 11 is 0. The molecule has 0 saturated heterocycles. The number of benzene rings is 1. The predicted molar refractivity (Wildman–Crippen MR) is 66.8 cm³/mol. The zero-order valence-corrected chi connectivity index (χ0v) is 9.74. The minimum Gasteiger partial charge on any atom is -0.347 e. The largest absolute Gasteiger partial charge is 0.347 e. The average Bonchev–Trinajstić information content (AvgIpc) is 3.09. The van der Waals surface area contributed by atoms with Gasteiger partial charge in [0.05, 0.1) is 17.0 Å². The second-order valence-electron chi connectivity index (χ2n) is 5.35. The Morgan fingerprint density at radius 3 is 2.94 bits per heavy atom. The number of aryl methyl sites for hydroxylation is 2. The lowest BCUT2D eigenvalue weighted by Gasteiger charge is -2.14. The summed E-state index contributed by atoms with van der Waals surface area (Å²) < 4.78 is 2.36. The van der Waals surface area contributed by atoms with Gasteiger partial charge in [0.2, 0.25) is 0 Å². The van der Waals surface area contributed by atoms with Gasteiger partial charge in [0.15, 0.2) is 0 Å². The zero-order valence-electron chi connectivity index (χ0n) is 9.74. The quantitative estimate of drug-likeness (QED) is 0.728. The molecule has 1 aliphatic carbocycles. The minimum atomic E-state index is -0.160. The number of aromatic nitrogens is 1. The Labute approximate surface area is 100 Å². The molecule has 1 saturated carbocycles. The van der Waals surface area contributed by atoms with Crippen molar-refractivity contribution in [2.75, 3.05) is 0 Å². The summed E-state index contributed by atoms with van der Waals surface area (Å²) in [5.41, 5.74) is 3.95. The molecule has 4 rings (SSSR count). The van der Waals surface area contributed by atoms with E-state index in [2.05, 4.69) is 35.0 Å². The molecule has 0 bridgehead atoms. The molecule has 0 amide bonds. The number of rotatable bonds is 1. The van der Waals surface area contributed by atoms with Gasteiger partial charge in [-0.2, -0.15) is 5.26 Å². The van der Waals surface area contributed by atoms with Crippen LogP contribution < -0.4 is 0 Å². The van der Waals surface area contributed by atoms with Gasteiger partial charge >= 0.3 is 0 Å². The lowest BCUT2D eigenvalue weighted by Crippen LogP contribution is -2.06. The summed E-state index contributed by atoms with van der Waals surface area (Å²) in [7, 11) is 0. The fraction of sp³-hybridized carbons (Fsp3) is 0.400. The van der Waals surface area contributed by atoms with Gasteiger partial charge in [-0.3, -0.25) is 0 Å². The van der Waals surface area contributed by atoms with E-state index in [1.807, 2.05) is 0 Å². The van der Waals surface area contributed by atoms with Crippen LogP contribution in [0.3, 0.4) is 0 Å². The van der Waals surface area contributed by atoms with Crippen molar-refractivity contribution in [3.8, 4) is 6.07 Å². The maximum absolute atomic E-state index is 9.38. The van der Waals surface area contributed by atoms with Crippen molar-refractivity contribution in [1.82, 2.24) is 4.57 Å². The predicted octanol–water partition coefficient (Wildman–Crippen LogP) is 3.14. The van der Waals surface area contributed by atoms with Crippen molar-refractivity contribution in [2.24, 2.45) is 0 Å². The minimum absolute atomic E-state index is 0.160. The molecular weight excluding hydrogens is 208 g/mol. The van der Waals surface area contributed by atoms with E-state index in [1.54, 1.807) is 0 Å². The van der Waals surface area contributed by atoms with E-state index in [0.717, 1.165) is 19.4 Å². The molecule has 0 unspecified atom stereocenters. The first-order valence-corrected chi connectivity index (χ1v) is 6.36. The Hall–Kier alpha value is -1.75. The Morgan fingerprint density at radius 2 is 2.18 bits per heavy atom. The SMILES string of the molecule is N#CC1(c2cn3c4c(cccc24)CCC3)CC1. The van der Waals surface area contributed by atoms with Crippen LogP contribution in [-0.2, 0) is 18.4 Å². The Balaban J connectivity index is 2.08. The number of para-hydroxylation sites is 1. The first-order valence-electron chi connectivity index (χ1n) is 6.36. The number of hydrogen-bond donors (Lipinski definition) is 0. The fourth-order valence-corrected chi connectivity index (χ4v) is 3.20. The van der Waals surface area contributed by atoms with Crippen LogP contribution in [0, 0.1) is 11.3 Å². The summed E-state index contributed by atoms with van der Waals surface area (Å²) in [6.45, 7) is 1.11. The average molecular weight is 222 g/mol. The van der Waals surface area contributed by atoms with Crippen molar-refractivity contribution in [3.05, 3.63) is 35.5 Å². The third-order valence-electron chi connectivity index (χ3n) is 4.31. The topological polar surface area (TPSA) is 28.7 Å². The molecule has 2 heterocycles. The van der Waals surface area contributed by atoms with Crippen LogP contribution in [-0.4, -0.2) is 4.57 Å². The van der Waals surface area contributed by atoms with E-state index >= 15 is 0 Å². The van der Waals surface area contributed by atoms with Gasteiger partial charge in [0, 0.05) is 18.1 Å². The van der Waals surface area contributed by atoms with Crippen LogP contribution in [0.5, 0.6) is 0 Å². The Kier molecular flexibility index (Phi) is 1.60. The fourth-order valence-electron chi connectivity index (χ4n) is 3.20. The van der Waals surface area contributed by atoms with Gasteiger partial charge in [0.1, 0.15) is 0 Å². The first-order chi connectivity index (χ1) is 8.34. The third kappa shape index (κ3) is 1.09. The molecular formula is C15H14N2. The molecule has 0 N–H and O–H groups in total. The highest BCUT2D eigenvalue weighted by molar-refractivity contribution is 5.89. The van der Waals surface area contributed by atoms with E-state index in [1.165, 1.54) is 34.9 Å². The van der Waals surface area contributed by atoms with Gasteiger partial charge in [0.25, 0.3) is 0 Å². The molecule has 0 radical (unpaired) electrons. The standard InChI is InChI=1S/C15H14N2/c16-10-15(6-7-15)13-9-17-8-2-4-11-3-1-5-12(13)14(11)17/h1,3,5,9H,2,4,6-8H2. The van der Waals surface area contributed by atoms with Crippen molar-refractivity contribution in [2.45, 2.75) is 37.6 Å². The van der Waals surface area contributed by atoms with E-state index in [9.17, 15) is 5.26 Å². The summed E-state index contributed by atoms with van der Waals surface area (Å²) in [6, 6.07) is 9.09. The van der Waals surface area contributed by atoms with Gasteiger partial charge in [-0.1, -0.05) is 18.2 Å². The molecule has 1 fully saturated rings. The second kappa shape index (κ2) is 2.92. The molecule has 0 spiro atoms. The zero-order chi connectivity index (χ0) is 11.5. The molecule has 0 atom stereocenters. The van der Waals surface area contributed by atoms with Crippen LogP contribution in [0.4, 0.5) is 0 Å². The van der Waals surface area contributed by atoms with Crippen LogP contribution in [0.25, 0.3) is 10.9 Å². The molecule has 1 aromatic heterocycles. The van der Waals surface area contributed by atoms with Crippen molar-refractivity contribution >= 4 is 10.9 Å². The Bertz CT molecular complexity index is 653. The molecule has 2 nitrogen and oxygen atoms in total. The van der Waals surface area contributed by atoms with E-state index in [0.29, 0.717) is 0 Å². The van der Waals surface area contributed by atoms with E-state index in [4.69, 9.17) is 0 Å². The maximum atomic E-state index is 9.38. The second-order valence-corrected chi connectivity index (χ2v) is 5.35. The molecule has 84 valence electrons. The van der Waals surface area contributed by atoms with Crippen molar-refractivity contribution in [1.29, 1.82) is 5.26 Å². The molecule has 1 aliphatic heterocycles. The lowest BCUT2D eigenvalue weighted by molar-refractivity contribution is 0.633. The van der Waals surface area contributed by atoms with E-state index in [-0.39, 0.29) is 5.41 Å². The summed E-state index contributed by atoms with van der Waals surface area (Å²) in [5, 5.41) is 10.7. The third-order valence-corrected chi connectivity index (χ3v) is 4.31. The number of nitriles is 1. The monoisotopic (exact) mass is 222 g/mol. The Morgan fingerprint density at radius 1 is 1.29 bits per heavy atom. The smallest absolute Gasteiger partial charge is 0.0844 e. The molecule has 17 heavy (non-hydrogen) atoms. The highest BCUT2D eigenvalue weighted by Gasteiger charge is 2.46. The summed E-state index contributed by atoms with van der Waals surface area (Å²) in [6.07, 6.45) is 6.71. The molecule has 2 heteroatoms. The number of hydrogen-bond acceptors (Lipinski definition) is 1. The van der Waals surface area contributed by atoms with Gasteiger partial charge in [-0.25, -0.2) is 0 Å². The maximum Gasteiger partial charge on any atom is 0.0844 e. The van der Waals surface area contributed by atoms with Crippen molar-refractivity contribution in [3.63, 3.8) is 0 Å². The van der Waals surface area contributed by atoms with Crippen LogP contribution in [0.2, 0.25) is 0 Å². The molecule has 1 aromatic carbocycles. The number of nitrogens with zero attached hydrogens (tertiary/aromatic N) is 2. The van der Waals surface area contributed by atoms with Gasteiger partial charge < -0.3 is 4.57 Å². The van der Waals surface area contributed by atoms with Crippen molar-refractivity contribution < 1.29 is 0 Å². The normalized spacial score (nSPS) is 20.2. The highest BCUT2D eigenvalue weighted by atomic mass is 15.0. The molecule has 2 aliphatic rings. The van der Waals surface area contributed by atoms with Crippen LogP contribution in [0.1, 0.15) is 30.4 Å². The van der Waals surface area contributed by atoms with Crippen LogP contribution >= 0.6 is 0 Å². The summed E-state index contributed by atoms with van der Waals surface area (Å²) in [4.78, 5) is 0. The molecule has 2 aromatic rings. The van der Waals surface area contributed by atoms with E-state index < -0.39 is 0 Å². The van der Waals surface area contributed by atoms with Crippen LogP contribution in [0.15, 0.2) is 24.4 Å². The highest BCUT2D eigenvalue weighted by Crippen LogP contribution is 2.50. The summed E-state index contributed by atoms with van der Waals surface area (Å²) in [5.74, 6) is 0. The first kappa shape index (κ1) is 9.30.